The van der Waals surface area contributed by atoms with Gasteiger partial charge in [-0.2, -0.15) is 0 Å². The molecule has 0 aliphatic rings. The highest BCUT2D eigenvalue weighted by Gasteiger charge is 2.20. The Morgan fingerprint density at radius 3 is 1.17 bits per heavy atom. The number of thiophene rings is 2. The third-order valence-electron chi connectivity index (χ3n) is 7.94. The van der Waals surface area contributed by atoms with E-state index in [0.29, 0.717) is 0 Å². The van der Waals surface area contributed by atoms with Crippen molar-refractivity contribution in [3.63, 3.8) is 0 Å². The SMILES string of the molecule is CC.CC.Cc1cc2cc3c(-c4cc5ccccc5s4)c4ccccc4c(-c4cc5ccccc5s4)c3cc2cc1C. The van der Waals surface area contributed by atoms with E-state index < -0.39 is 0 Å². The molecule has 2 heterocycles. The van der Waals surface area contributed by atoms with Gasteiger partial charge in [0.2, 0.25) is 0 Å². The first-order chi connectivity index (χ1) is 20.6. The number of hydrogen-bond acceptors (Lipinski definition) is 2. The van der Waals surface area contributed by atoms with Crippen LogP contribution in [0.1, 0.15) is 38.8 Å². The van der Waals surface area contributed by atoms with E-state index in [9.17, 15) is 0 Å². The zero-order valence-corrected chi connectivity index (χ0v) is 26.8. The molecule has 0 N–H and O–H groups in total. The molecular weight excluding hydrogens is 545 g/mol. The molecule has 0 fully saturated rings. The molecule has 6 aromatic carbocycles. The minimum atomic E-state index is 1.31. The second kappa shape index (κ2) is 11.7. The van der Waals surface area contributed by atoms with Gasteiger partial charge in [0, 0.05) is 30.3 Å². The van der Waals surface area contributed by atoms with Crippen LogP contribution in [0.25, 0.3) is 73.4 Å². The summed E-state index contributed by atoms with van der Waals surface area (Å²) in [5, 5.41) is 10.5. The molecule has 0 atom stereocenters. The van der Waals surface area contributed by atoms with Gasteiger partial charge >= 0.3 is 0 Å². The van der Waals surface area contributed by atoms with E-state index in [1.165, 1.54) is 84.5 Å². The van der Waals surface area contributed by atoms with Gasteiger partial charge in [0.05, 0.1) is 0 Å². The van der Waals surface area contributed by atoms with E-state index in [4.69, 9.17) is 0 Å². The van der Waals surface area contributed by atoms with Crippen LogP contribution in [0, 0.1) is 13.8 Å². The first-order valence-corrected chi connectivity index (χ1v) is 16.6. The van der Waals surface area contributed by atoms with Gasteiger partial charge in [0.15, 0.2) is 0 Å². The van der Waals surface area contributed by atoms with E-state index in [1.54, 1.807) is 0 Å². The maximum atomic E-state index is 2.44. The highest BCUT2D eigenvalue weighted by molar-refractivity contribution is 7.23. The van der Waals surface area contributed by atoms with Crippen molar-refractivity contribution in [2.45, 2.75) is 41.5 Å². The summed E-state index contributed by atoms with van der Waals surface area (Å²) in [6.07, 6.45) is 0. The fourth-order valence-electron chi connectivity index (χ4n) is 5.94. The average molecular weight is 581 g/mol. The summed E-state index contributed by atoms with van der Waals surface area (Å²) in [6.45, 7) is 12.4. The summed E-state index contributed by atoms with van der Waals surface area (Å²) >= 11 is 3.80. The van der Waals surface area contributed by atoms with Crippen LogP contribution in [-0.4, -0.2) is 0 Å². The van der Waals surface area contributed by atoms with Crippen molar-refractivity contribution >= 4 is 75.2 Å². The quantitative estimate of drug-likeness (QED) is 0.178. The van der Waals surface area contributed by atoms with Crippen molar-refractivity contribution < 1.29 is 0 Å². The lowest BCUT2D eigenvalue weighted by Crippen LogP contribution is -1.90. The van der Waals surface area contributed by atoms with E-state index in [2.05, 4.69) is 123 Å². The second-order valence-electron chi connectivity index (χ2n) is 10.3. The molecule has 8 aromatic rings. The Hall–Kier alpha value is -3.98. The Kier molecular flexibility index (Phi) is 7.86. The molecule has 0 aliphatic heterocycles. The Bertz CT molecular complexity index is 1980. The largest absolute Gasteiger partial charge is 0.135 e. The van der Waals surface area contributed by atoms with Crippen molar-refractivity contribution in [1.82, 2.24) is 0 Å². The Morgan fingerprint density at radius 1 is 0.381 bits per heavy atom. The van der Waals surface area contributed by atoms with Crippen LogP contribution in [0.2, 0.25) is 0 Å². The van der Waals surface area contributed by atoms with Crippen LogP contribution in [0.5, 0.6) is 0 Å². The molecule has 208 valence electrons. The first-order valence-electron chi connectivity index (χ1n) is 15.0. The molecule has 0 saturated heterocycles. The fraction of sp³-hybridized carbons (Fsp3) is 0.150. The van der Waals surface area contributed by atoms with Crippen molar-refractivity contribution in [2.75, 3.05) is 0 Å². The van der Waals surface area contributed by atoms with E-state index in [1.807, 2.05) is 50.4 Å². The van der Waals surface area contributed by atoms with Crippen molar-refractivity contribution in [3.8, 4) is 20.9 Å². The summed E-state index contributed by atoms with van der Waals surface area (Å²) in [5.41, 5.74) is 5.38. The van der Waals surface area contributed by atoms with Crippen LogP contribution in [0.3, 0.4) is 0 Å². The predicted molar refractivity (Wildman–Crippen MR) is 193 cm³/mol. The lowest BCUT2D eigenvalue weighted by Gasteiger charge is -2.17. The van der Waals surface area contributed by atoms with Gasteiger partial charge in [0.1, 0.15) is 0 Å². The molecule has 0 bridgehead atoms. The van der Waals surface area contributed by atoms with Gasteiger partial charge in [0.25, 0.3) is 0 Å². The minimum absolute atomic E-state index is 1.31. The van der Waals surface area contributed by atoms with Crippen molar-refractivity contribution in [2.24, 2.45) is 0 Å². The third-order valence-corrected chi connectivity index (χ3v) is 10.2. The molecule has 0 unspecified atom stereocenters. The number of benzene rings is 6. The van der Waals surface area contributed by atoms with Crippen LogP contribution < -0.4 is 0 Å². The van der Waals surface area contributed by atoms with Gasteiger partial charge in [-0.15, -0.1) is 22.7 Å². The van der Waals surface area contributed by atoms with Gasteiger partial charge < -0.3 is 0 Å². The maximum absolute atomic E-state index is 2.44. The zero-order valence-electron chi connectivity index (χ0n) is 25.2. The van der Waals surface area contributed by atoms with Crippen LogP contribution in [-0.2, 0) is 0 Å². The summed E-state index contributed by atoms with van der Waals surface area (Å²) in [4.78, 5) is 2.66. The molecule has 0 spiro atoms. The molecule has 0 radical (unpaired) electrons. The molecule has 0 nitrogen and oxygen atoms in total. The zero-order chi connectivity index (χ0) is 29.4. The lowest BCUT2D eigenvalue weighted by atomic mass is 9.88. The molecular formula is C40H36S2. The Balaban J connectivity index is 0.000000759. The molecule has 0 aliphatic carbocycles. The van der Waals surface area contributed by atoms with E-state index in [0.717, 1.165) is 0 Å². The van der Waals surface area contributed by atoms with Crippen LogP contribution in [0.4, 0.5) is 0 Å². The minimum Gasteiger partial charge on any atom is -0.135 e. The fourth-order valence-corrected chi connectivity index (χ4v) is 8.21. The number of rotatable bonds is 2. The van der Waals surface area contributed by atoms with Gasteiger partial charge in [-0.05, 0) is 104 Å². The molecule has 42 heavy (non-hydrogen) atoms. The Labute approximate surface area is 256 Å². The van der Waals surface area contributed by atoms with Crippen molar-refractivity contribution in [3.05, 3.63) is 120 Å². The van der Waals surface area contributed by atoms with E-state index >= 15 is 0 Å². The topological polar surface area (TPSA) is 0 Å². The normalized spacial score (nSPS) is 11.1. The molecule has 0 saturated carbocycles. The van der Waals surface area contributed by atoms with Gasteiger partial charge in [-0.25, -0.2) is 0 Å². The molecule has 0 amide bonds. The maximum Gasteiger partial charge on any atom is 0.0367 e. The van der Waals surface area contributed by atoms with Crippen molar-refractivity contribution in [1.29, 1.82) is 0 Å². The average Bonchev–Trinajstić information content (AvgIpc) is 3.66. The highest BCUT2D eigenvalue weighted by atomic mass is 32.1. The number of hydrogen-bond donors (Lipinski definition) is 0. The predicted octanol–water partition coefficient (Wildman–Crippen LogP) is 13.6. The van der Waals surface area contributed by atoms with Gasteiger partial charge in [-0.3, -0.25) is 0 Å². The summed E-state index contributed by atoms with van der Waals surface area (Å²) in [5.74, 6) is 0. The van der Waals surface area contributed by atoms with Crippen LogP contribution in [0.15, 0.2) is 109 Å². The second-order valence-corrected chi connectivity index (χ2v) is 12.4. The monoisotopic (exact) mass is 580 g/mol. The lowest BCUT2D eigenvalue weighted by molar-refractivity contribution is 1.37. The molecule has 8 rings (SSSR count). The Morgan fingerprint density at radius 2 is 0.762 bits per heavy atom. The smallest absolute Gasteiger partial charge is 0.0367 e. The van der Waals surface area contributed by atoms with E-state index in [-0.39, 0.29) is 0 Å². The summed E-state index contributed by atoms with van der Waals surface area (Å²) < 4.78 is 2.67. The molecule has 2 aromatic heterocycles. The number of aryl methyl sites for hydroxylation is 2. The van der Waals surface area contributed by atoms with Crippen LogP contribution >= 0.6 is 22.7 Å². The first kappa shape index (κ1) is 28.2. The summed E-state index contributed by atoms with van der Waals surface area (Å²) in [6, 6.07) is 40.9. The highest BCUT2D eigenvalue weighted by Crippen LogP contribution is 2.49. The summed E-state index contributed by atoms with van der Waals surface area (Å²) in [7, 11) is 0. The molecule has 2 heteroatoms. The third kappa shape index (κ3) is 4.69. The van der Waals surface area contributed by atoms with Gasteiger partial charge in [-0.1, -0.05) is 100 Å². The number of fused-ring (bicyclic) bond motifs is 5. The standard InChI is InChI=1S/C36H24S2.2C2H6/c1-21-15-25-17-29-30(18-26(25)16-22(21)2)36(34-20-24-10-4-8-14-32(24)38-34)28-12-6-5-11-27(28)35(29)33-19-23-9-3-7-13-31(23)37-33;2*1-2/h3-20H,1-2H3;2*1-2H3.